The van der Waals surface area contributed by atoms with E-state index in [1.807, 2.05) is 4.90 Å². The quantitative estimate of drug-likeness (QED) is 0.489. The molecular weight excluding hydrogens is 511 g/mol. The summed E-state index contributed by atoms with van der Waals surface area (Å²) >= 11 is 0. The maximum atomic E-state index is 13.7. The highest BCUT2D eigenvalue weighted by molar-refractivity contribution is 5.92. The van der Waals surface area contributed by atoms with E-state index in [1.54, 1.807) is 13.2 Å². The molecule has 0 bridgehead atoms. The summed E-state index contributed by atoms with van der Waals surface area (Å²) in [6, 6.07) is 10.9. The number of hydrogen-bond acceptors (Lipinski definition) is 7. The summed E-state index contributed by atoms with van der Waals surface area (Å²) in [6.45, 7) is 3.92. The van der Waals surface area contributed by atoms with E-state index in [0.29, 0.717) is 37.9 Å². The summed E-state index contributed by atoms with van der Waals surface area (Å²) in [4.78, 5) is 23.9. The van der Waals surface area contributed by atoms with Gasteiger partial charge in [-0.2, -0.15) is 0 Å². The first-order valence-corrected chi connectivity index (χ1v) is 14.8. The van der Waals surface area contributed by atoms with E-state index in [0.717, 1.165) is 51.6 Å². The van der Waals surface area contributed by atoms with Gasteiger partial charge in [0.2, 0.25) is 0 Å². The van der Waals surface area contributed by atoms with Crippen LogP contribution in [0.15, 0.2) is 30.3 Å². The molecule has 1 amide bonds. The minimum absolute atomic E-state index is 0.0551. The number of piperidine rings is 1. The molecule has 3 saturated heterocycles. The van der Waals surface area contributed by atoms with Gasteiger partial charge >= 0.3 is 0 Å². The average molecular weight is 555 g/mol. The molecule has 2 aromatic rings. The molecule has 1 aromatic heterocycles. The van der Waals surface area contributed by atoms with Crippen LogP contribution in [0, 0.1) is 6.92 Å². The molecule has 1 aromatic carbocycles. The number of aryl methyl sites for hydroxylation is 2. The van der Waals surface area contributed by atoms with Crippen molar-refractivity contribution in [3.63, 3.8) is 0 Å². The number of rotatable bonds is 9. The number of carbonyl (C=O) groups is 1. The van der Waals surface area contributed by atoms with Crippen molar-refractivity contribution < 1.29 is 23.4 Å². The minimum atomic E-state index is -0.790. The summed E-state index contributed by atoms with van der Waals surface area (Å²) in [7, 11) is 1.72. The van der Waals surface area contributed by atoms with Crippen LogP contribution in [0.1, 0.15) is 84.2 Å². The number of amides is 1. The second kappa shape index (κ2) is 13.9. The van der Waals surface area contributed by atoms with Gasteiger partial charge in [-0.3, -0.25) is 4.79 Å². The lowest BCUT2D eigenvalue weighted by atomic mass is 9.95. The molecule has 218 valence electrons. The number of aromatic nitrogens is 2. The number of hydrogen-bond donors (Lipinski definition) is 1. The Morgan fingerprint density at radius 3 is 2.67 bits per heavy atom. The van der Waals surface area contributed by atoms with Gasteiger partial charge in [-0.15, -0.1) is 0 Å². The van der Waals surface area contributed by atoms with Gasteiger partial charge in [-0.25, -0.2) is 14.4 Å². The fourth-order valence-corrected chi connectivity index (χ4v) is 6.15. The normalized spacial score (nSPS) is 26.1. The van der Waals surface area contributed by atoms with Gasteiger partial charge in [-0.1, -0.05) is 29.8 Å². The van der Waals surface area contributed by atoms with Gasteiger partial charge in [0.05, 0.1) is 24.9 Å². The molecule has 0 unspecified atom stereocenters. The van der Waals surface area contributed by atoms with Crippen molar-refractivity contribution in [2.75, 3.05) is 33.4 Å². The molecule has 5 rings (SSSR count). The molecule has 9 heteroatoms. The fourth-order valence-electron chi connectivity index (χ4n) is 6.15. The molecular formula is C31H43FN4O4. The third-order valence-corrected chi connectivity index (χ3v) is 8.52. The van der Waals surface area contributed by atoms with E-state index in [2.05, 4.69) is 46.5 Å². The lowest BCUT2D eigenvalue weighted by molar-refractivity contribution is -0.0547. The number of methoxy groups -OCH3 is 1. The summed E-state index contributed by atoms with van der Waals surface area (Å²) in [5.41, 5.74) is 3.45. The largest absolute Gasteiger partial charge is 0.379 e. The van der Waals surface area contributed by atoms with Gasteiger partial charge in [0.15, 0.2) is 5.82 Å². The number of carbonyl (C=O) groups excluding carboxylic acids is 1. The number of nitrogens with zero attached hydrogens (tertiary/aromatic N) is 3. The summed E-state index contributed by atoms with van der Waals surface area (Å²) in [6.07, 6.45) is 7.44. The van der Waals surface area contributed by atoms with Crippen LogP contribution < -0.4 is 5.32 Å². The molecule has 3 fully saturated rings. The van der Waals surface area contributed by atoms with Crippen molar-refractivity contribution in [2.45, 2.75) is 95.4 Å². The van der Waals surface area contributed by atoms with Crippen LogP contribution >= 0.6 is 0 Å². The van der Waals surface area contributed by atoms with Crippen LogP contribution in [0.4, 0.5) is 4.39 Å². The number of ether oxygens (including phenoxy) is 3. The SMILES string of the molecule is CO[C@H]1COCC[C@H]1NC1CCN(C(=O)c2cc(CC[C@H]3CCC[C@@H](c4ccc(C)cc4)O3)nc(CF)n2)CC1. The minimum Gasteiger partial charge on any atom is -0.379 e. The van der Waals surface area contributed by atoms with Gasteiger partial charge in [0, 0.05) is 44.6 Å². The number of alkyl halides is 1. The smallest absolute Gasteiger partial charge is 0.272 e. The highest BCUT2D eigenvalue weighted by atomic mass is 19.1. The maximum absolute atomic E-state index is 13.7. The van der Waals surface area contributed by atoms with E-state index in [-0.39, 0.29) is 41.8 Å². The third kappa shape index (κ3) is 7.43. The molecule has 4 atom stereocenters. The van der Waals surface area contributed by atoms with Crippen molar-refractivity contribution in [3.05, 3.63) is 58.7 Å². The Labute approximate surface area is 237 Å². The molecule has 4 heterocycles. The number of benzene rings is 1. The Morgan fingerprint density at radius 1 is 1.12 bits per heavy atom. The average Bonchev–Trinajstić information content (AvgIpc) is 3.00. The molecule has 3 aliphatic heterocycles. The fraction of sp³-hybridized carbons (Fsp3) is 0.645. The zero-order valence-electron chi connectivity index (χ0n) is 23.8. The lowest BCUT2D eigenvalue weighted by Gasteiger charge is -2.38. The highest BCUT2D eigenvalue weighted by Gasteiger charge is 2.31. The molecule has 0 spiro atoms. The van der Waals surface area contributed by atoms with Crippen LogP contribution in [0.3, 0.4) is 0 Å². The second-order valence-electron chi connectivity index (χ2n) is 11.4. The van der Waals surface area contributed by atoms with Crippen molar-refractivity contribution in [1.29, 1.82) is 0 Å². The standard InChI is InChI=1S/C31H43FN4O4/c1-21-6-8-22(9-7-21)28-5-3-4-25(40-28)11-10-24-18-27(35-30(19-32)34-24)31(37)36-15-12-23(13-16-36)33-26-14-17-39-20-29(26)38-2/h6-9,18,23,25-26,28-29,33H,3-5,10-17,19-20H2,1-2H3/t25-,26-,28+,29+/m1/s1. The second-order valence-corrected chi connectivity index (χ2v) is 11.4. The van der Waals surface area contributed by atoms with Crippen molar-refractivity contribution in [2.24, 2.45) is 0 Å². The Hall–Kier alpha value is -2.46. The number of nitrogens with one attached hydrogen (secondary N) is 1. The molecule has 0 saturated carbocycles. The first-order chi connectivity index (χ1) is 19.5. The van der Waals surface area contributed by atoms with Gasteiger partial charge in [0.1, 0.15) is 12.4 Å². The van der Waals surface area contributed by atoms with Crippen LogP contribution in [0.2, 0.25) is 0 Å². The first-order valence-electron chi connectivity index (χ1n) is 14.8. The van der Waals surface area contributed by atoms with E-state index in [9.17, 15) is 9.18 Å². The molecule has 8 nitrogen and oxygen atoms in total. The Bertz CT molecular complexity index is 1110. The topological polar surface area (TPSA) is 85.8 Å². The number of halogens is 1. The van der Waals surface area contributed by atoms with E-state index >= 15 is 0 Å². The van der Waals surface area contributed by atoms with Crippen LogP contribution in [-0.2, 0) is 27.3 Å². The highest BCUT2D eigenvalue weighted by Crippen LogP contribution is 2.33. The molecule has 0 aliphatic carbocycles. The van der Waals surface area contributed by atoms with Gasteiger partial charge in [0.25, 0.3) is 5.91 Å². The summed E-state index contributed by atoms with van der Waals surface area (Å²) in [5.74, 6) is -0.0735. The van der Waals surface area contributed by atoms with Gasteiger partial charge < -0.3 is 24.4 Å². The van der Waals surface area contributed by atoms with Crippen LogP contribution in [0.25, 0.3) is 0 Å². The Balaban J connectivity index is 1.15. The van der Waals surface area contributed by atoms with Crippen LogP contribution in [0.5, 0.6) is 0 Å². The van der Waals surface area contributed by atoms with Gasteiger partial charge in [-0.05, 0) is 69.9 Å². The molecule has 40 heavy (non-hydrogen) atoms. The Morgan fingerprint density at radius 2 is 1.93 bits per heavy atom. The predicted octanol–water partition coefficient (Wildman–Crippen LogP) is 4.50. The van der Waals surface area contributed by atoms with E-state index < -0.39 is 6.67 Å². The van der Waals surface area contributed by atoms with Crippen LogP contribution in [-0.4, -0.2) is 78.5 Å². The predicted molar refractivity (Wildman–Crippen MR) is 150 cm³/mol. The number of likely N-dealkylation sites (tertiary alicyclic amines) is 1. The van der Waals surface area contributed by atoms with Crippen molar-refractivity contribution in [3.8, 4) is 0 Å². The zero-order chi connectivity index (χ0) is 27.9. The molecule has 0 radical (unpaired) electrons. The monoisotopic (exact) mass is 554 g/mol. The lowest BCUT2D eigenvalue weighted by Crippen LogP contribution is -2.54. The summed E-state index contributed by atoms with van der Waals surface area (Å²) in [5, 5.41) is 3.72. The third-order valence-electron chi connectivity index (χ3n) is 8.52. The molecule has 1 N–H and O–H groups in total. The van der Waals surface area contributed by atoms with Crippen molar-refractivity contribution >= 4 is 5.91 Å². The van der Waals surface area contributed by atoms with E-state index in [4.69, 9.17) is 14.2 Å². The zero-order valence-corrected chi connectivity index (χ0v) is 23.8. The van der Waals surface area contributed by atoms with Crippen molar-refractivity contribution in [1.82, 2.24) is 20.2 Å². The Kier molecular flexibility index (Phi) is 10.1. The first kappa shape index (κ1) is 29.0. The molecule has 3 aliphatic rings. The summed E-state index contributed by atoms with van der Waals surface area (Å²) < 4.78 is 31.2. The maximum Gasteiger partial charge on any atom is 0.272 e. The van der Waals surface area contributed by atoms with E-state index in [1.165, 1.54) is 11.1 Å².